The zero-order valence-electron chi connectivity index (χ0n) is 25.1. The fraction of sp³-hybridized carbons (Fsp3) is 0.229. The first-order valence-corrected chi connectivity index (χ1v) is 15.0. The summed E-state index contributed by atoms with van der Waals surface area (Å²) in [5.74, 6) is -0.829. The van der Waals surface area contributed by atoms with Gasteiger partial charge in [-0.15, -0.1) is 0 Å². The molecule has 3 atom stereocenters. The Morgan fingerprint density at radius 1 is 0.739 bits per heavy atom. The Labute approximate surface area is 267 Å². The van der Waals surface area contributed by atoms with E-state index < -0.39 is 30.1 Å². The van der Waals surface area contributed by atoms with E-state index in [1.54, 1.807) is 36.7 Å². The molecule has 3 heterocycles. The van der Waals surface area contributed by atoms with Gasteiger partial charge in [-0.2, -0.15) is 0 Å². The molecule has 6 rings (SSSR count). The minimum Gasteiger partial charge on any atom is -0.484 e. The first-order chi connectivity index (χ1) is 22.4. The number of amides is 3. The summed E-state index contributed by atoms with van der Waals surface area (Å²) in [6.45, 7) is -0.559. The highest BCUT2D eigenvalue weighted by Gasteiger charge is 2.23. The molecule has 1 aromatic heterocycles. The van der Waals surface area contributed by atoms with E-state index in [2.05, 4.69) is 31.8 Å². The van der Waals surface area contributed by atoms with E-state index in [1.165, 1.54) is 0 Å². The number of rotatable bonds is 6. The number of carbonyl (C=O) groups is 4. The second kappa shape index (κ2) is 16.1. The summed E-state index contributed by atoms with van der Waals surface area (Å²) in [5, 5.41) is 8.27. The van der Waals surface area contributed by atoms with Gasteiger partial charge in [-0.05, 0) is 64.9 Å². The highest BCUT2D eigenvalue weighted by atomic mass is 16.5. The molecule has 5 N–H and O–H groups in total. The lowest BCUT2D eigenvalue weighted by atomic mass is 10.0. The standard InChI is InChI=1S/C35H36N6O5/c42-22-29-18-24-8-12-30(13-9-24)46-23-34(44)39-32(20-26-14-16-36-17-15-26)41-40-31(35(45)37-21-33(43)38-29)19-25-6-10-28(11-7-25)27-4-2-1-3-5-27/h1-17,22,29,31-32,40-41H,18-21,23H2,(H,37,45)(H,38,43)(H,39,44)/t29-,31+,32+/m0/s1. The second-order valence-corrected chi connectivity index (χ2v) is 11.0. The zero-order chi connectivity index (χ0) is 32.1. The van der Waals surface area contributed by atoms with Crippen molar-refractivity contribution < 1.29 is 23.9 Å². The van der Waals surface area contributed by atoms with Crippen molar-refractivity contribution in [3.8, 4) is 16.9 Å². The number of carbonyl (C=O) groups excluding carboxylic acids is 4. The topological polar surface area (TPSA) is 151 Å². The Kier molecular flexibility index (Phi) is 11.2. The van der Waals surface area contributed by atoms with Gasteiger partial charge in [0.15, 0.2) is 6.61 Å². The van der Waals surface area contributed by atoms with Gasteiger partial charge in [-0.25, -0.2) is 10.9 Å². The smallest absolute Gasteiger partial charge is 0.259 e. The zero-order valence-corrected chi connectivity index (χ0v) is 25.1. The Morgan fingerprint density at radius 2 is 1.43 bits per heavy atom. The average molecular weight is 621 g/mol. The second-order valence-electron chi connectivity index (χ2n) is 11.0. The van der Waals surface area contributed by atoms with E-state index in [-0.39, 0.29) is 31.9 Å². The SMILES string of the molecule is O=C[C@@H]1Cc2ccc(cc2)OCC(=O)N[C@@H](Cc2ccncc2)NN[C@H](Cc2ccc(-c3ccccc3)cc2)C(=O)NCC(=O)N1. The number of benzene rings is 3. The van der Waals surface area contributed by atoms with Crippen molar-refractivity contribution in [1.82, 2.24) is 31.8 Å². The Balaban J connectivity index is 1.36. The number of fused-ring (bicyclic) bond motifs is 16. The number of hydrogen-bond donors (Lipinski definition) is 5. The van der Waals surface area contributed by atoms with Gasteiger partial charge < -0.3 is 25.5 Å². The van der Waals surface area contributed by atoms with E-state index in [4.69, 9.17) is 4.74 Å². The summed E-state index contributed by atoms with van der Waals surface area (Å²) >= 11 is 0. The number of nitrogens with one attached hydrogen (secondary N) is 5. The van der Waals surface area contributed by atoms with Crippen molar-refractivity contribution in [2.75, 3.05) is 13.2 Å². The summed E-state index contributed by atoms with van der Waals surface area (Å²) in [7, 11) is 0. The quantitative estimate of drug-likeness (QED) is 0.162. The maximum absolute atomic E-state index is 13.5. The molecule has 46 heavy (non-hydrogen) atoms. The van der Waals surface area contributed by atoms with Gasteiger partial charge in [0.25, 0.3) is 5.91 Å². The van der Waals surface area contributed by atoms with Crippen LogP contribution >= 0.6 is 0 Å². The van der Waals surface area contributed by atoms with Crippen molar-refractivity contribution >= 4 is 24.0 Å². The van der Waals surface area contributed by atoms with Crippen LogP contribution in [0.5, 0.6) is 5.75 Å². The van der Waals surface area contributed by atoms with Crippen molar-refractivity contribution in [2.45, 2.75) is 37.5 Å². The van der Waals surface area contributed by atoms with Crippen LogP contribution in [0.4, 0.5) is 0 Å². The van der Waals surface area contributed by atoms with Crippen LogP contribution in [0.2, 0.25) is 0 Å². The number of aldehydes is 1. The minimum atomic E-state index is -0.831. The summed E-state index contributed by atoms with van der Waals surface area (Å²) < 4.78 is 5.69. The monoisotopic (exact) mass is 620 g/mol. The predicted octanol–water partition coefficient (Wildman–Crippen LogP) is 1.87. The first-order valence-electron chi connectivity index (χ1n) is 15.0. The summed E-state index contributed by atoms with van der Waals surface area (Å²) in [6.07, 6.45) is 4.27. The third kappa shape index (κ3) is 9.55. The molecule has 2 aliphatic heterocycles. The Hall–Kier alpha value is -5.39. The van der Waals surface area contributed by atoms with Gasteiger partial charge in [0, 0.05) is 18.8 Å². The first kappa shape index (κ1) is 32.0. The van der Waals surface area contributed by atoms with Crippen LogP contribution in [0.1, 0.15) is 16.7 Å². The van der Waals surface area contributed by atoms with Gasteiger partial charge in [-0.3, -0.25) is 19.4 Å². The van der Waals surface area contributed by atoms with Crippen LogP contribution in [-0.2, 0) is 38.4 Å². The van der Waals surface area contributed by atoms with Crippen LogP contribution in [0.15, 0.2) is 103 Å². The van der Waals surface area contributed by atoms with Crippen molar-refractivity contribution in [2.24, 2.45) is 0 Å². The molecule has 11 nitrogen and oxygen atoms in total. The molecular weight excluding hydrogens is 584 g/mol. The molecule has 0 spiro atoms. The predicted molar refractivity (Wildman–Crippen MR) is 172 cm³/mol. The number of pyridine rings is 1. The molecular formula is C35H36N6O5. The summed E-state index contributed by atoms with van der Waals surface area (Å²) in [5.41, 5.74) is 10.9. The molecule has 0 radical (unpaired) electrons. The molecule has 3 aromatic carbocycles. The molecule has 236 valence electrons. The van der Waals surface area contributed by atoms with Crippen molar-refractivity contribution in [3.63, 3.8) is 0 Å². The van der Waals surface area contributed by atoms with Gasteiger partial charge in [-0.1, -0.05) is 66.7 Å². The number of ether oxygens (including phenoxy) is 1. The van der Waals surface area contributed by atoms with Crippen LogP contribution in [0.25, 0.3) is 11.1 Å². The lowest BCUT2D eigenvalue weighted by Gasteiger charge is -2.25. The van der Waals surface area contributed by atoms with Crippen molar-refractivity contribution in [3.05, 3.63) is 120 Å². The van der Waals surface area contributed by atoms with E-state index in [0.717, 1.165) is 27.8 Å². The number of hydrogen-bond acceptors (Lipinski definition) is 8. The number of nitrogens with zero attached hydrogens (tertiary/aromatic N) is 1. The normalized spacial score (nSPS) is 19.7. The highest BCUT2D eigenvalue weighted by Crippen LogP contribution is 2.20. The minimum absolute atomic E-state index is 0.238. The number of hydrazine groups is 1. The van der Waals surface area contributed by atoms with Gasteiger partial charge >= 0.3 is 0 Å². The molecule has 2 bridgehead atoms. The van der Waals surface area contributed by atoms with E-state index in [9.17, 15) is 19.2 Å². The largest absolute Gasteiger partial charge is 0.484 e. The molecule has 4 aromatic rings. The number of aromatic nitrogens is 1. The highest BCUT2D eigenvalue weighted by molar-refractivity contribution is 5.88. The Morgan fingerprint density at radius 3 is 2.15 bits per heavy atom. The molecule has 3 amide bonds. The van der Waals surface area contributed by atoms with E-state index >= 15 is 0 Å². The molecule has 0 unspecified atom stereocenters. The fourth-order valence-corrected chi connectivity index (χ4v) is 5.04. The molecule has 0 fully saturated rings. The molecule has 0 aliphatic carbocycles. The van der Waals surface area contributed by atoms with Gasteiger partial charge in [0.05, 0.1) is 18.8 Å². The van der Waals surface area contributed by atoms with Gasteiger partial charge in [0.2, 0.25) is 11.8 Å². The van der Waals surface area contributed by atoms with Crippen LogP contribution in [-0.4, -0.2) is 60.4 Å². The van der Waals surface area contributed by atoms with Crippen LogP contribution < -0.4 is 31.5 Å². The summed E-state index contributed by atoms with van der Waals surface area (Å²) in [6, 6.07) is 26.8. The molecule has 0 saturated carbocycles. The van der Waals surface area contributed by atoms with Crippen molar-refractivity contribution in [1.29, 1.82) is 0 Å². The fourth-order valence-electron chi connectivity index (χ4n) is 5.04. The maximum atomic E-state index is 13.5. The molecule has 11 heteroatoms. The molecule has 0 saturated heterocycles. The lowest BCUT2D eigenvalue weighted by Crippen LogP contribution is -2.59. The molecule has 2 aliphatic rings. The third-order valence-electron chi connectivity index (χ3n) is 7.46. The van der Waals surface area contributed by atoms with E-state index in [1.807, 2.05) is 66.7 Å². The lowest BCUT2D eigenvalue weighted by molar-refractivity contribution is -0.128. The van der Waals surface area contributed by atoms with Crippen LogP contribution in [0, 0.1) is 0 Å². The van der Waals surface area contributed by atoms with Gasteiger partial charge in [0.1, 0.15) is 18.1 Å². The third-order valence-corrected chi connectivity index (χ3v) is 7.46. The maximum Gasteiger partial charge on any atom is 0.259 e. The average Bonchev–Trinajstić information content (AvgIpc) is 3.09. The summed E-state index contributed by atoms with van der Waals surface area (Å²) in [4.78, 5) is 54.9. The van der Waals surface area contributed by atoms with E-state index in [0.29, 0.717) is 18.5 Å². The Bertz CT molecular complexity index is 1600. The van der Waals surface area contributed by atoms with Crippen LogP contribution in [0.3, 0.4) is 0 Å².